The molecule has 2 aromatic carbocycles. The summed E-state index contributed by atoms with van der Waals surface area (Å²) >= 11 is 2.70. The molecule has 2 aromatic heterocycles. The van der Waals surface area contributed by atoms with Gasteiger partial charge in [-0.2, -0.15) is 0 Å². The highest BCUT2D eigenvalue weighted by molar-refractivity contribution is 7.98. The third-order valence-corrected chi connectivity index (χ3v) is 6.35. The van der Waals surface area contributed by atoms with E-state index in [1.165, 1.54) is 53.1 Å². The fourth-order valence-corrected chi connectivity index (χ4v) is 4.72. The van der Waals surface area contributed by atoms with E-state index in [1.54, 1.807) is 30.3 Å². The Balaban J connectivity index is 1.50. The summed E-state index contributed by atoms with van der Waals surface area (Å²) in [6.45, 7) is 1.37. The first-order chi connectivity index (χ1) is 14.9. The molecule has 0 fully saturated rings. The van der Waals surface area contributed by atoms with E-state index in [9.17, 15) is 13.6 Å². The van der Waals surface area contributed by atoms with Gasteiger partial charge < -0.3 is 4.57 Å². The predicted molar refractivity (Wildman–Crippen MR) is 117 cm³/mol. The van der Waals surface area contributed by atoms with Crippen LogP contribution in [-0.4, -0.2) is 25.7 Å². The third kappa shape index (κ3) is 4.49. The number of hydrogen-bond acceptors (Lipinski definition) is 6. The largest absolute Gasteiger partial charge is 0.305 e. The van der Waals surface area contributed by atoms with Crippen LogP contribution in [0.25, 0.3) is 11.4 Å². The minimum atomic E-state index is -0.490. The molecule has 31 heavy (non-hydrogen) atoms. The maximum absolute atomic E-state index is 14.2. The summed E-state index contributed by atoms with van der Waals surface area (Å²) < 4.78 is 29.2. The van der Waals surface area contributed by atoms with Crippen molar-refractivity contribution in [3.63, 3.8) is 0 Å². The third-order valence-electron chi connectivity index (χ3n) is 4.43. The summed E-state index contributed by atoms with van der Waals surface area (Å²) in [5, 5.41) is 11.3. The van der Waals surface area contributed by atoms with Crippen LogP contribution >= 0.6 is 23.1 Å². The van der Waals surface area contributed by atoms with Gasteiger partial charge in [0.15, 0.2) is 16.1 Å². The Morgan fingerprint density at radius 1 is 1.13 bits per heavy atom. The average Bonchev–Trinajstić information content (AvgIpc) is 3.35. The van der Waals surface area contributed by atoms with E-state index in [1.807, 2.05) is 17.0 Å². The van der Waals surface area contributed by atoms with Crippen molar-refractivity contribution in [2.75, 3.05) is 4.90 Å². The highest BCUT2D eigenvalue weighted by atomic mass is 32.2. The van der Waals surface area contributed by atoms with Crippen molar-refractivity contribution in [2.24, 2.45) is 7.05 Å². The van der Waals surface area contributed by atoms with Gasteiger partial charge in [0.2, 0.25) is 5.91 Å². The van der Waals surface area contributed by atoms with Crippen LogP contribution in [-0.2, 0) is 17.6 Å². The van der Waals surface area contributed by atoms with Crippen molar-refractivity contribution in [2.45, 2.75) is 17.8 Å². The molecule has 4 rings (SSSR count). The molecule has 1 amide bonds. The summed E-state index contributed by atoms with van der Waals surface area (Å²) in [6, 6.07) is 12.2. The highest BCUT2D eigenvalue weighted by Gasteiger charge is 2.21. The van der Waals surface area contributed by atoms with Gasteiger partial charge in [0.1, 0.15) is 11.6 Å². The van der Waals surface area contributed by atoms with Gasteiger partial charge in [0.25, 0.3) is 0 Å². The Kier molecular flexibility index (Phi) is 6.10. The van der Waals surface area contributed by atoms with Gasteiger partial charge in [-0.25, -0.2) is 13.8 Å². The first kappa shape index (κ1) is 21.1. The summed E-state index contributed by atoms with van der Waals surface area (Å²) in [4.78, 5) is 17.9. The lowest BCUT2D eigenvalue weighted by atomic mass is 10.2. The molecule has 2 heterocycles. The molecule has 0 atom stereocenters. The Bertz CT molecular complexity index is 1220. The molecule has 0 radical (unpaired) electrons. The number of anilines is 2. The maximum Gasteiger partial charge on any atom is 0.230 e. The fraction of sp³-hybridized carbons (Fsp3) is 0.143. The van der Waals surface area contributed by atoms with E-state index in [4.69, 9.17) is 0 Å². The molecule has 0 N–H and O–H groups in total. The topological polar surface area (TPSA) is 63.9 Å². The number of rotatable bonds is 6. The van der Waals surface area contributed by atoms with Crippen LogP contribution in [0.4, 0.5) is 19.6 Å². The molecule has 4 aromatic rings. The minimum Gasteiger partial charge on any atom is -0.305 e. The van der Waals surface area contributed by atoms with E-state index in [-0.39, 0.29) is 17.4 Å². The quantitative estimate of drug-likeness (QED) is 0.373. The van der Waals surface area contributed by atoms with Crippen LogP contribution in [0, 0.1) is 11.6 Å². The Labute approximate surface area is 185 Å². The van der Waals surface area contributed by atoms with Crippen LogP contribution in [0.2, 0.25) is 0 Å². The summed E-state index contributed by atoms with van der Waals surface area (Å²) in [5.74, 6) is 0.000265. The zero-order chi connectivity index (χ0) is 22.0. The second-order valence-electron chi connectivity index (χ2n) is 6.59. The molecule has 0 unspecified atom stereocenters. The van der Waals surface area contributed by atoms with Crippen LogP contribution in [0.3, 0.4) is 0 Å². The Hall–Kier alpha value is -3.11. The number of para-hydroxylation sites is 1. The van der Waals surface area contributed by atoms with Crippen LogP contribution in [0.15, 0.2) is 59.1 Å². The number of nitrogens with zero attached hydrogens (tertiary/aromatic N) is 5. The Morgan fingerprint density at radius 2 is 1.87 bits per heavy atom. The van der Waals surface area contributed by atoms with E-state index >= 15 is 0 Å². The number of benzene rings is 2. The standard InChI is InChI=1S/C21H17F2N5OS2/c1-13(29)28(18-6-4-3-5-17(18)23)20-24-16(11-30-20)12-31-21-26-25-19(27(21)2)14-7-9-15(22)10-8-14/h3-11H,12H2,1-2H3. The molecule has 0 saturated carbocycles. The molecule has 10 heteroatoms. The normalized spacial score (nSPS) is 11.0. The Morgan fingerprint density at radius 3 is 2.58 bits per heavy atom. The maximum atomic E-state index is 14.2. The van der Waals surface area contributed by atoms with Crippen molar-refractivity contribution in [3.8, 4) is 11.4 Å². The van der Waals surface area contributed by atoms with E-state index in [0.29, 0.717) is 21.9 Å². The van der Waals surface area contributed by atoms with Gasteiger partial charge in [-0.05, 0) is 36.4 Å². The lowest BCUT2D eigenvalue weighted by Crippen LogP contribution is -2.23. The van der Waals surface area contributed by atoms with Gasteiger partial charge in [-0.15, -0.1) is 21.5 Å². The van der Waals surface area contributed by atoms with Gasteiger partial charge in [0.05, 0.1) is 11.4 Å². The molecule has 0 spiro atoms. The molecule has 0 aliphatic carbocycles. The molecule has 0 aliphatic rings. The van der Waals surface area contributed by atoms with E-state index in [2.05, 4.69) is 15.2 Å². The molecule has 0 bridgehead atoms. The van der Waals surface area contributed by atoms with Crippen LogP contribution < -0.4 is 4.90 Å². The number of thiazole rings is 1. The number of carbonyl (C=O) groups is 1. The highest BCUT2D eigenvalue weighted by Crippen LogP contribution is 2.32. The number of thioether (sulfide) groups is 1. The van der Waals surface area contributed by atoms with Gasteiger partial charge in [0, 0.05) is 30.7 Å². The van der Waals surface area contributed by atoms with Gasteiger partial charge in [-0.1, -0.05) is 23.9 Å². The van der Waals surface area contributed by atoms with Crippen molar-refractivity contribution in [3.05, 3.63) is 71.2 Å². The average molecular weight is 458 g/mol. The van der Waals surface area contributed by atoms with Crippen LogP contribution in [0.5, 0.6) is 0 Å². The predicted octanol–water partition coefficient (Wildman–Crippen LogP) is 5.19. The summed E-state index contributed by atoms with van der Waals surface area (Å²) in [5.41, 5.74) is 1.67. The second-order valence-corrected chi connectivity index (χ2v) is 8.37. The summed E-state index contributed by atoms with van der Waals surface area (Å²) in [6.07, 6.45) is 0. The zero-order valence-corrected chi connectivity index (χ0v) is 18.3. The number of halogens is 2. The minimum absolute atomic E-state index is 0.167. The summed E-state index contributed by atoms with van der Waals surface area (Å²) in [7, 11) is 1.84. The van der Waals surface area contributed by atoms with Gasteiger partial charge >= 0.3 is 0 Å². The van der Waals surface area contributed by atoms with Crippen molar-refractivity contribution in [1.82, 2.24) is 19.7 Å². The number of amides is 1. The van der Waals surface area contributed by atoms with Gasteiger partial charge in [-0.3, -0.25) is 9.69 Å². The zero-order valence-electron chi connectivity index (χ0n) is 16.6. The SMILES string of the molecule is CC(=O)N(c1nc(CSc2nnc(-c3ccc(F)cc3)n2C)cs1)c1ccccc1F. The monoisotopic (exact) mass is 457 g/mol. The first-order valence-electron chi connectivity index (χ1n) is 9.22. The molecular formula is C21H17F2N5OS2. The van der Waals surface area contributed by atoms with Crippen molar-refractivity contribution in [1.29, 1.82) is 0 Å². The van der Waals surface area contributed by atoms with E-state index < -0.39 is 5.82 Å². The molecule has 0 aliphatic heterocycles. The van der Waals surface area contributed by atoms with Crippen molar-refractivity contribution >= 4 is 39.8 Å². The lowest BCUT2D eigenvalue weighted by molar-refractivity contribution is -0.115. The first-order valence-corrected chi connectivity index (χ1v) is 11.1. The fourth-order valence-electron chi connectivity index (χ4n) is 2.94. The number of aromatic nitrogens is 4. The molecule has 6 nitrogen and oxygen atoms in total. The molecule has 0 saturated heterocycles. The molecule has 158 valence electrons. The number of hydrogen-bond donors (Lipinski definition) is 0. The number of carbonyl (C=O) groups excluding carboxylic acids is 1. The van der Waals surface area contributed by atoms with E-state index in [0.717, 1.165) is 11.3 Å². The van der Waals surface area contributed by atoms with Crippen LogP contribution in [0.1, 0.15) is 12.6 Å². The molecular weight excluding hydrogens is 440 g/mol. The lowest BCUT2D eigenvalue weighted by Gasteiger charge is -2.18. The smallest absolute Gasteiger partial charge is 0.230 e. The second kappa shape index (κ2) is 8.94. The van der Waals surface area contributed by atoms with Crippen molar-refractivity contribution < 1.29 is 13.6 Å².